The number of nitrogens with zero attached hydrogens (tertiary/aromatic N) is 4. The molecule has 0 aliphatic heterocycles. The first-order chi connectivity index (χ1) is 9.19. The van der Waals surface area contributed by atoms with Gasteiger partial charge in [-0.25, -0.2) is 4.39 Å². The maximum Gasteiger partial charge on any atom is 0.208 e. The van der Waals surface area contributed by atoms with E-state index < -0.39 is 0 Å². The molecule has 19 heavy (non-hydrogen) atoms. The van der Waals surface area contributed by atoms with Crippen LogP contribution in [0.4, 0.5) is 9.52 Å². The molecule has 0 bridgehead atoms. The molecule has 0 aliphatic carbocycles. The Balaban J connectivity index is 2.01. The minimum Gasteiger partial charge on any atom is -0.349 e. The number of hydrogen-bond acceptors (Lipinski definition) is 5. The number of aromatic nitrogens is 2. The van der Waals surface area contributed by atoms with Crippen molar-refractivity contribution in [1.82, 2.24) is 10.2 Å². The van der Waals surface area contributed by atoms with E-state index in [0.29, 0.717) is 19.4 Å². The summed E-state index contributed by atoms with van der Waals surface area (Å²) in [5.41, 5.74) is 1.00. The van der Waals surface area contributed by atoms with Gasteiger partial charge in [0.1, 0.15) is 10.8 Å². The summed E-state index contributed by atoms with van der Waals surface area (Å²) in [5, 5.41) is 18.4. The smallest absolute Gasteiger partial charge is 0.208 e. The predicted molar refractivity (Wildman–Crippen MR) is 72.6 cm³/mol. The van der Waals surface area contributed by atoms with Crippen molar-refractivity contribution in [2.45, 2.75) is 12.8 Å². The van der Waals surface area contributed by atoms with Crippen molar-refractivity contribution in [3.63, 3.8) is 0 Å². The van der Waals surface area contributed by atoms with E-state index in [0.717, 1.165) is 15.7 Å². The lowest BCUT2D eigenvalue weighted by Gasteiger charge is -2.11. The summed E-state index contributed by atoms with van der Waals surface area (Å²) in [4.78, 5) is 1.91. The van der Waals surface area contributed by atoms with Gasteiger partial charge in [0.05, 0.1) is 12.5 Å². The van der Waals surface area contributed by atoms with Crippen LogP contribution in [-0.4, -0.2) is 23.8 Å². The molecule has 1 heterocycles. The third-order valence-corrected chi connectivity index (χ3v) is 3.65. The molecule has 0 aliphatic rings. The highest BCUT2D eigenvalue weighted by molar-refractivity contribution is 7.15. The van der Waals surface area contributed by atoms with Crippen molar-refractivity contribution < 1.29 is 4.39 Å². The summed E-state index contributed by atoms with van der Waals surface area (Å²) >= 11 is 1.49. The second kappa shape index (κ2) is 6.25. The van der Waals surface area contributed by atoms with Gasteiger partial charge >= 0.3 is 0 Å². The van der Waals surface area contributed by atoms with Crippen molar-refractivity contribution >= 4 is 16.5 Å². The molecule has 4 nitrogen and oxygen atoms in total. The lowest BCUT2D eigenvalue weighted by molar-refractivity contribution is 0.627. The van der Waals surface area contributed by atoms with Crippen LogP contribution in [0.5, 0.6) is 0 Å². The van der Waals surface area contributed by atoms with Gasteiger partial charge in [-0.1, -0.05) is 23.5 Å². The quantitative estimate of drug-likeness (QED) is 0.842. The molecule has 0 radical (unpaired) electrons. The van der Waals surface area contributed by atoms with E-state index in [1.807, 2.05) is 11.9 Å². The topological polar surface area (TPSA) is 52.8 Å². The minimum atomic E-state index is -0.238. The number of nitriles is 1. The molecule has 0 N–H and O–H groups in total. The van der Waals surface area contributed by atoms with Crippen molar-refractivity contribution in [2.75, 3.05) is 18.5 Å². The average molecular weight is 276 g/mol. The van der Waals surface area contributed by atoms with Gasteiger partial charge in [-0.15, -0.1) is 10.2 Å². The van der Waals surface area contributed by atoms with E-state index >= 15 is 0 Å². The first kappa shape index (κ1) is 13.4. The Labute approximate surface area is 115 Å². The minimum absolute atomic E-state index is 0.238. The summed E-state index contributed by atoms with van der Waals surface area (Å²) in [7, 11) is 1.89. The highest BCUT2D eigenvalue weighted by Gasteiger charge is 2.09. The molecule has 2 aromatic rings. The fourth-order valence-electron chi connectivity index (χ4n) is 1.56. The molecule has 0 atom stereocenters. The maximum absolute atomic E-state index is 12.8. The standard InChI is InChI=1S/C13H13FN4S/c1-18(8-2-7-15)13-17-16-12(19-13)9-10-3-5-11(14)6-4-10/h3-6H,2,8-9H2,1H3. The monoisotopic (exact) mass is 276 g/mol. The molecule has 0 saturated carbocycles. The van der Waals surface area contributed by atoms with E-state index in [-0.39, 0.29) is 5.82 Å². The lowest BCUT2D eigenvalue weighted by Crippen LogP contribution is -2.17. The van der Waals surface area contributed by atoms with Crippen LogP contribution in [0.15, 0.2) is 24.3 Å². The zero-order chi connectivity index (χ0) is 13.7. The Hall–Kier alpha value is -2.00. The number of hydrogen-bond donors (Lipinski definition) is 0. The first-order valence-corrected chi connectivity index (χ1v) is 6.65. The maximum atomic E-state index is 12.8. The van der Waals surface area contributed by atoms with Crippen LogP contribution in [0.25, 0.3) is 0 Å². The third-order valence-electron chi connectivity index (χ3n) is 2.61. The lowest BCUT2D eigenvalue weighted by atomic mass is 10.2. The molecule has 98 valence electrons. The molecule has 1 aromatic heterocycles. The molecule has 1 aromatic carbocycles. The molecule has 0 spiro atoms. The van der Waals surface area contributed by atoms with E-state index in [9.17, 15) is 4.39 Å². The normalized spacial score (nSPS) is 10.2. The summed E-state index contributed by atoms with van der Waals surface area (Å²) in [5.74, 6) is -0.238. The molecule has 0 unspecified atom stereocenters. The van der Waals surface area contributed by atoms with E-state index in [1.165, 1.54) is 23.5 Å². The van der Waals surface area contributed by atoms with Crippen LogP contribution < -0.4 is 4.90 Å². The molecule has 2 rings (SSSR count). The summed E-state index contributed by atoms with van der Waals surface area (Å²) in [6, 6.07) is 8.47. The predicted octanol–water partition coefficient (Wildman–Crippen LogP) is 2.62. The summed E-state index contributed by atoms with van der Waals surface area (Å²) in [6.45, 7) is 0.641. The van der Waals surface area contributed by atoms with Crippen molar-refractivity contribution in [3.05, 3.63) is 40.7 Å². The fraction of sp³-hybridized carbons (Fsp3) is 0.308. The Morgan fingerprint density at radius 3 is 2.74 bits per heavy atom. The molecule has 0 amide bonds. The van der Waals surface area contributed by atoms with Crippen LogP contribution in [0.1, 0.15) is 17.0 Å². The zero-order valence-electron chi connectivity index (χ0n) is 10.5. The fourth-order valence-corrected chi connectivity index (χ4v) is 2.42. The van der Waals surface area contributed by atoms with Crippen LogP contribution in [0.3, 0.4) is 0 Å². The van der Waals surface area contributed by atoms with Gasteiger partial charge < -0.3 is 4.90 Å². The van der Waals surface area contributed by atoms with Gasteiger partial charge in [0.25, 0.3) is 0 Å². The van der Waals surface area contributed by atoms with Gasteiger partial charge in [0, 0.05) is 20.0 Å². The van der Waals surface area contributed by atoms with Gasteiger partial charge in [-0.05, 0) is 17.7 Å². The molecule has 6 heteroatoms. The zero-order valence-corrected chi connectivity index (χ0v) is 11.3. The second-order valence-corrected chi connectivity index (χ2v) is 5.15. The van der Waals surface area contributed by atoms with Crippen LogP contribution in [0, 0.1) is 17.1 Å². The van der Waals surface area contributed by atoms with Crippen LogP contribution >= 0.6 is 11.3 Å². The number of rotatable bonds is 5. The third kappa shape index (κ3) is 3.73. The summed E-state index contributed by atoms with van der Waals surface area (Å²) < 4.78 is 12.8. The van der Waals surface area contributed by atoms with Gasteiger partial charge in [-0.2, -0.15) is 5.26 Å². The molecule has 0 saturated heterocycles. The molecule has 0 fully saturated rings. The van der Waals surface area contributed by atoms with Crippen molar-refractivity contribution in [3.8, 4) is 6.07 Å². The average Bonchev–Trinajstić information content (AvgIpc) is 2.87. The largest absolute Gasteiger partial charge is 0.349 e. The van der Waals surface area contributed by atoms with E-state index in [1.54, 1.807) is 12.1 Å². The second-order valence-electron chi connectivity index (χ2n) is 4.11. The Morgan fingerprint density at radius 2 is 2.05 bits per heavy atom. The van der Waals surface area contributed by atoms with Crippen molar-refractivity contribution in [2.24, 2.45) is 0 Å². The number of anilines is 1. The number of benzene rings is 1. The van der Waals surface area contributed by atoms with Crippen LogP contribution in [-0.2, 0) is 6.42 Å². The Morgan fingerprint density at radius 1 is 1.32 bits per heavy atom. The highest BCUT2D eigenvalue weighted by atomic mass is 32.1. The van der Waals surface area contributed by atoms with Gasteiger partial charge in [0.15, 0.2) is 0 Å². The Kier molecular flexibility index (Phi) is 4.42. The molecular formula is C13H13FN4S. The first-order valence-electron chi connectivity index (χ1n) is 5.84. The SMILES string of the molecule is CN(CCC#N)c1nnc(Cc2ccc(F)cc2)s1. The summed E-state index contributed by atoms with van der Waals surface area (Å²) in [6.07, 6.45) is 1.10. The van der Waals surface area contributed by atoms with E-state index in [2.05, 4.69) is 16.3 Å². The molecular weight excluding hydrogens is 263 g/mol. The van der Waals surface area contributed by atoms with Crippen molar-refractivity contribution in [1.29, 1.82) is 5.26 Å². The highest BCUT2D eigenvalue weighted by Crippen LogP contribution is 2.21. The Bertz CT molecular complexity index is 573. The number of halogens is 1. The van der Waals surface area contributed by atoms with E-state index in [4.69, 9.17) is 5.26 Å². The van der Waals surface area contributed by atoms with Gasteiger partial charge in [-0.3, -0.25) is 0 Å². The van der Waals surface area contributed by atoms with Crippen LogP contribution in [0.2, 0.25) is 0 Å². The van der Waals surface area contributed by atoms with Gasteiger partial charge in [0.2, 0.25) is 5.13 Å².